The summed E-state index contributed by atoms with van der Waals surface area (Å²) in [6.07, 6.45) is 0. The monoisotopic (exact) mass is 405 g/mol. The van der Waals surface area contributed by atoms with Crippen LogP contribution in [0, 0.1) is 12.7 Å². The predicted molar refractivity (Wildman–Crippen MR) is 117 cm³/mol. The Bertz CT molecular complexity index is 1040. The van der Waals surface area contributed by atoms with Crippen LogP contribution in [0.5, 0.6) is 0 Å². The SMILES string of the molecule is Cc1ccc(C(=O)NC[C@@H](C)Nc2ccccc2)cc1NC(=O)c1ccccc1F. The second-order valence-electron chi connectivity index (χ2n) is 7.09. The molecular formula is C24H24FN3O2. The second-order valence-corrected chi connectivity index (χ2v) is 7.09. The molecule has 0 aliphatic carbocycles. The normalized spacial score (nSPS) is 11.4. The molecule has 0 aliphatic rings. The molecule has 0 aromatic heterocycles. The average Bonchev–Trinajstić information content (AvgIpc) is 2.74. The Morgan fingerprint density at radius 2 is 1.63 bits per heavy atom. The summed E-state index contributed by atoms with van der Waals surface area (Å²) >= 11 is 0. The van der Waals surface area contributed by atoms with Gasteiger partial charge in [0.2, 0.25) is 0 Å². The van der Waals surface area contributed by atoms with Gasteiger partial charge >= 0.3 is 0 Å². The molecule has 0 bridgehead atoms. The second kappa shape index (κ2) is 9.69. The van der Waals surface area contributed by atoms with Crippen LogP contribution >= 0.6 is 0 Å². The number of carbonyl (C=O) groups is 2. The molecule has 3 aromatic carbocycles. The van der Waals surface area contributed by atoms with Crippen LogP contribution < -0.4 is 16.0 Å². The quantitative estimate of drug-likeness (QED) is 0.537. The van der Waals surface area contributed by atoms with E-state index in [4.69, 9.17) is 0 Å². The highest BCUT2D eigenvalue weighted by Gasteiger charge is 2.14. The number of nitrogens with one attached hydrogen (secondary N) is 3. The molecule has 3 N–H and O–H groups in total. The fourth-order valence-electron chi connectivity index (χ4n) is 2.95. The van der Waals surface area contributed by atoms with Crippen molar-refractivity contribution in [2.75, 3.05) is 17.2 Å². The van der Waals surface area contributed by atoms with Gasteiger partial charge in [-0.1, -0.05) is 36.4 Å². The number of aryl methyl sites for hydroxylation is 1. The van der Waals surface area contributed by atoms with Crippen molar-refractivity contribution >= 4 is 23.2 Å². The van der Waals surface area contributed by atoms with E-state index in [-0.39, 0.29) is 17.5 Å². The average molecular weight is 405 g/mol. The summed E-state index contributed by atoms with van der Waals surface area (Å²) in [7, 11) is 0. The molecule has 2 amide bonds. The van der Waals surface area contributed by atoms with E-state index in [0.717, 1.165) is 11.3 Å². The van der Waals surface area contributed by atoms with Crippen molar-refractivity contribution in [3.05, 3.63) is 95.3 Å². The number of carbonyl (C=O) groups excluding carboxylic acids is 2. The number of amides is 2. The van der Waals surface area contributed by atoms with Crippen LogP contribution in [0.2, 0.25) is 0 Å². The van der Waals surface area contributed by atoms with Crippen molar-refractivity contribution in [1.29, 1.82) is 0 Å². The zero-order valence-corrected chi connectivity index (χ0v) is 16.9. The molecule has 0 saturated carbocycles. The minimum atomic E-state index is -0.596. The molecule has 0 spiro atoms. The highest BCUT2D eigenvalue weighted by molar-refractivity contribution is 6.05. The molecule has 3 aromatic rings. The van der Waals surface area contributed by atoms with Crippen LogP contribution in [0.15, 0.2) is 72.8 Å². The van der Waals surface area contributed by atoms with E-state index in [2.05, 4.69) is 16.0 Å². The van der Waals surface area contributed by atoms with E-state index >= 15 is 0 Å². The molecule has 154 valence electrons. The van der Waals surface area contributed by atoms with Gasteiger partial charge in [0.05, 0.1) is 5.56 Å². The van der Waals surface area contributed by atoms with Gasteiger partial charge in [-0.25, -0.2) is 4.39 Å². The predicted octanol–water partition coefficient (Wildman–Crippen LogP) is 4.62. The van der Waals surface area contributed by atoms with Gasteiger partial charge < -0.3 is 16.0 Å². The summed E-state index contributed by atoms with van der Waals surface area (Å²) in [5.74, 6) is -1.41. The number of benzene rings is 3. The summed E-state index contributed by atoms with van der Waals surface area (Å²) in [4.78, 5) is 25.0. The molecule has 0 fully saturated rings. The summed E-state index contributed by atoms with van der Waals surface area (Å²) in [6, 6.07) is 20.6. The Labute approximate surface area is 175 Å². The lowest BCUT2D eigenvalue weighted by Crippen LogP contribution is -2.34. The Kier molecular flexibility index (Phi) is 6.80. The Morgan fingerprint density at radius 1 is 0.933 bits per heavy atom. The third-order valence-corrected chi connectivity index (χ3v) is 4.62. The zero-order valence-electron chi connectivity index (χ0n) is 16.9. The fraction of sp³-hybridized carbons (Fsp3) is 0.167. The van der Waals surface area contributed by atoms with Crippen molar-refractivity contribution in [1.82, 2.24) is 5.32 Å². The van der Waals surface area contributed by atoms with Crippen molar-refractivity contribution < 1.29 is 14.0 Å². The minimum absolute atomic E-state index is 0.0297. The van der Waals surface area contributed by atoms with Crippen LogP contribution in [0.3, 0.4) is 0 Å². The Hall–Kier alpha value is -3.67. The van der Waals surface area contributed by atoms with Gasteiger partial charge in [0.15, 0.2) is 0 Å². The van der Waals surface area contributed by atoms with Gasteiger partial charge in [0.25, 0.3) is 11.8 Å². The van der Waals surface area contributed by atoms with E-state index in [1.54, 1.807) is 24.3 Å². The standard InChI is InChI=1S/C24H24FN3O2/c1-16-12-13-18(14-22(16)28-24(30)20-10-6-7-11-21(20)25)23(29)26-15-17(2)27-19-8-4-3-5-9-19/h3-14,17,27H,15H2,1-2H3,(H,26,29)(H,28,30)/t17-/m1/s1. The van der Waals surface area contributed by atoms with Gasteiger partial charge in [-0.15, -0.1) is 0 Å². The van der Waals surface area contributed by atoms with Crippen molar-refractivity contribution in [2.24, 2.45) is 0 Å². The molecule has 0 heterocycles. The fourth-order valence-corrected chi connectivity index (χ4v) is 2.95. The first-order chi connectivity index (χ1) is 14.4. The van der Waals surface area contributed by atoms with Crippen LogP contribution in [-0.4, -0.2) is 24.4 Å². The van der Waals surface area contributed by atoms with Gasteiger partial charge in [0.1, 0.15) is 5.82 Å². The lowest BCUT2D eigenvalue weighted by molar-refractivity contribution is 0.0951. The maximum Gasteiger partial charge on any atom is 0.258 e. The molecule has 0 unspecified atom stereocenters. The lowest BCUT2D eigenvalue weighted by atomic mass is 10.1. The molecule has 30 heavy (non-hydrogen) atoms. The first-order valence-corrected chi connectivity index (χ1v) is 9.70. The summed E-state index contributed by atoms with van der Waals surface area (Å²) in [6.45, 7) is 4.21. The summed E-state index contributed by atoms with van der Waals surface area (Å²) in [5, 5.41) is 8.89. The molecule has 6 heteroatoms. The first kappa shape index (κ1) is 21.0. The van der Waals surface area contributed by atoms with Crippen molar-refractivity contribution in [3.8, 4) is 0 Å². The molecule has 1 atom stereocenters. The van der Waals surface area contributed by atoms with Crippen molar-refractivity contribution in [2.45, 2.75) is 19.9 Å². The first-order valence-electron chi connectivity index (χ1n) is 9.70. The van der Waals surface area contributed by atoms with Gasteiger partial charge in [-0.3, -0.25) is 9.59 Å². The Morgan fingerprint density at radius 3 is 2.37 bits per heavy atom. The van der Waals surface area contributed by atoms with E-state index in [0.29, 0.717) is 17.8 Å². The smallest absolute Gasteiger partial charge is 0.258 e. The molecule has 5 nitrogen and oxygen atoms in total. The Balaban J connectivity index is 1.63. The number of rotatable bonds is 7. The zero-order chi connectivity index (χ0) is 21.5. The van der Waals surface area contributed by atoms with Crippen LogP contribution in [0.1, 0.15) is 33.2 Å². The van der Waals surface area contributed by atoms with Gasteiger partial charge in [-0.05, 0) is 55.8 Å². The van der Waals surface area contributed by atoms with E-state index in [1.165, 1.54) is 18.2 Å². The lowest BCUT2D eigenvalue weighted by Gasteiger charge is -2.16. The molecule has 0 radical (unpaired) electrons. The maximum atomic E-state index is 13.9. The van der Waals surface area contributed by atoms with Gasteiger partial charge in [0, 0.05) is 29.5 Å². The van der Waals surface area contributed by atoms with Gasteiger partial charge in [-0.2, -0.15) is 0 Å². The number of hydrogen-bond donors (Lipinski definition) is 3. The number of hydrogen-bond acceptors (Lipinski definition) is 3. The molecule has 0 saturated heterocycles. The van der Waals surface area contributed by atoms with Crippen LogP contribution in [0.4, 0.5) is 15.8 Å². The van der Waals surface area contributed by atoms with Crippen LogP contribution in [0.25, 0.3) is 0 Å². The third kappa shape index (κ3) is 5.44. The molecular weight excluding hydrogens is 381 g/mol. The largest absolute Gasteiger partial charge is 0.381 e. The molecule has 0 aliphatic heterocycles. The number of anilines is 2. The van der Waals surface area contributed by atoms with Crippen molar-refractivity contribution in [3.63, 3.8) is 0 Å². The minimum Gasteiger partial charge on any atom is -0.381 e. The highest BCUT2D eigenvalue weighted by atomic mass is 19.1. The topological polar surface area (TPSA) is 70.2 Å². The molecule has 3 rings (SSSR count). The van der Waals surface area contributed by atoms with E-state index in [9.17, 15) is 14.0 Å². The highest BCUT2D eigenvalue weighted by Crippen LogP contribution is 2.19. The third-order valence-electron chi connectivity index (χ3n) is 4.62. The van der Waals surface area contributed by atoms with Crippen LogP contribution in [-0.2, 0) is 0 Å². The summed E-state index contributed by atoms with van der Waals surface area (Å²) < 4.78 is 13.9. The van der Waals surface area contributed by atoms with E-state index in [1.807, 2.05) is 44.2 Å². The number of para-hydroxylation sites is 1. The summed E-state index contributed by atoms with van der Waals surface area (Å²) in [5.41, 5.74) is 2.58. The maximum absolute atomic E-state index is 13.9. The number of halogens is 1. The van der Waals surface area contributed by atoms with E-state index < -0.39 is 11.7 Å².